The fourth-order valence-corrected chi connectivity index (χ4v) is 2.39. The third kappa shape index (κ3) is 3.49. The Hall–Kier alpha value is -0.980. The molecule has 0 aliphatic rings. The van der Waals surface area contributed by atoms with Crippen molar-refractivity contribution in [2.24, 2.45) is 0 Å². The van der Waals surface area contributed by atoms with Crippen molar-refractivity contribution in [1.82, 2.24) is 0 Å². The highest BCUT2D eigenvalue weighted by Gasteiger charge is 2.28. The van der Waals surface area contributed by atoms with Crippen molar-refractivity contribution in [2.75, 3.05) is 4.72 Å². The number of aliphatic carboxylic acids is 1. The SMILES string of the molecule is CC(C(=O)O)S(=O)(=O)Nc1ccc(Cl)cc1Cl. The molecule has 1 rings (SSSR count). The van der Waals surface area contributed by atoms with Gasteiger partial charge in [-0.2, -0.15) is 0 Å². The summed E-state index contributed by atoms with van der Waals surface area (Å²) in [7, 11) is -4.03. The van der Waals surface area contributed by atoms with Crippen molar-refractivity contribution in [1.29, 1.82) is 0 Å². The van der Waals surface area contributed by atoms with Gasteiger partial charge in [-0.25, -0.2) is 8.42 Å². The summed E-state index contributed by atoms with van der Waals surface area (Å²) in [6.45, 7) is 1.06. The first-order valence-electron chi connectivity index (χ1n) is 4.43. The third-order valence-corrected chi connectivity index (χ3v) is 4.18. The van der Waals surface area contributed by atoms with Crippen LogP contribution in [0.2, 0.25) is 10.0 Å². The average Bonchev–Trinajstić information content (AvgIpc) is 2.21. The quantitative estimate of drug-likeness (QED) is 0.892. The molecule has 0 saturated heterocycles. The Morgan fingerprint density at radius 3 is 2.47 bits per heavy atom. The number of benzene rings is 1. The Morgan fingerprint density at radius 1 is 1.41 bits per heavy atom. The highest BCUT2D eigenvalue weighted by Crippen LogP contribution is 2.26. The van der Waals surface area contributed by atoms with Crippen LogP contribution >= 0.6 is 23.2 Å². The number of carboxylic acids is 1. The maximum atomic E-state index is 11.6. The summed E-state index contributed by atoms with van der Waals surface area (Å²) >= 11 is 11.4. The molecule has 0 radical (unpaired) electrons. The first-order valence-corrected chi connectivity index (χ1v) is 6.74. The zero-order valence-electron chi connectivity index (χ0n) is 8.65. The van der Waals surface area contributed by atoms with E-state index in [0.717, 1.165) is 6.92 Å². The molecule has 0 heterocycles. The van der Waals surface area contributed by atoms with E-state index in [2.05, 4.69) is 4.72 Å². The van der Waals surface area contributed by atoms with Gasteiger partial charge in [0, 0.05) is 5.02 Å². The Morgan fingerprint density at radius 2 is 2.00 bits per heavy atom. The minimum absolute atomic E-state index is 0.0872. The summed E-state index contributed by atoms with van der Waals surface area (Å²) in [5.74, 6) is -1.44. The molecule has 8 heteroatoms. The average molecular weight is 298 g/mol. The molecule has 0 bridgehead atoms. The lowest BCUT2D eigenvalue weighted by molar-refractivity contribution is -0.136. The van der Waals surface area contributed by atoms with Gasteiger partial charge in [-0.1, -0.05) is 23.2 Å². The van der Waals surface area contributed by atoms with E-state index in [9.17, 15) is 13.2 Å². The smallest absolute Gasteiger partial charge is 0.323 e. The van der Waals surface area contributed by atoms with Crippen LogP contribution in [-0.4, -0.2) is 24.7 Å². The van der Waals surface area contributed by atoms with Crippen molar-refractivity contribution in [2.45, 2.75) is 12.2 Å². The van der Waals surface area contributed by atoms with Gasteiger partial charge >= 0.3 is 5.97 Å². The van der Waals surface area contributed by atoms with E-state index in [-0.39, 0.29) is 10.7 Å². The summed E-state index contributed by atoms with van der Waals surface area (Å²) in [5.41, 5.74) is 0.0872. The van der Waals surface area contributed by atoms with Crippen LogP contribution in [0.15, 0.2) is 18.2 Å². The van der Waals surface area contributed by atoms with Crippen molar-refractivity contribution >= 4 is 44.9 Å². The minimum atomic E-state index is -4.03. The van der Waals surface area contributed by atoms with E-state index in [4.69, 9.17) is 28.3 Å². The molecule has 0 aromatic heterocycles. The molecule has 0 amide bonds. The van der Waals surface area contributed by atoms with Gasteiger partial charge in [-0.05, 0) is 25.1 Å². The van der Waals surface area contributed by atoms with Gasteiger partial charge < -0.3 is 5.11 Å². The molecular weight excluding hydrogens is 289 g/mol. The van der Waals surface area contributed by atoms with E-state index in [1.54, 1.807) is 0 Å². The monoisotopic (exact) mass is 297 g/mol. The van der Waals surface area contributed by atoms with Crippen LogP contribution in [-0.2, 0) is 14.8 Å². The number of carboxylic acid groups (broad SMARTS) is 1. The Labute approximate surface area is 108 Å². The second kappa shape index (κ2) is 5.12. The summed E-state index contributed by atoms with van der Waals surface area (Å²) in [6.07, 6.45) is 0. The predicted molar refractivity (Wildman–Crippen MR) is 66.1 cm³/mol. The van der Waals surface area contributed by atoms with Gasteiger partial charge in [0.15, 0.2) is 5.25 Å². The van der Waals surface area contributed by atoms with E-state index >= 15 is 0 Å². The molecule has 17 heavy (non-hydrogen) atoms. The number of hydrogen-bond acceptors (Lipinski definition) is 3. The largest absolute Gasteiger partial charge is 0.480 e. The second-order valence-corrected chi connectivity index (χ2v) is 6.10. The first kappa shape index (κ1) is 14.1. The van der Waals surface area contributed by atoms with Gasteiger partial charge in [0.05, 0.1) is 10.7 Å². The molecule has 94 valence electrons. The highest BCUT2D eigenvalue weighted by molar-refractivity contribution is 7.94. The number of sulfonamides is 1. The van der Waals surface area contributed by atoms with Crippen LogP contribution in [0, 0.1) is 0 Å². The molecule has 0 spiro atoms. The number of halogens is 2. The van der Waals surface area contributed by atoms with E-state index in [1.165, 1.54) is 18.2 Å². The molecule has 1 atom stereocenters. The lowest BCUT2D eigenvalue weighted by atomic mass is 10.3. The fourth-order valence-electron chi connectivity index (χ4n) is 0.947. The second-order valence-electron chi connectivity index (χ2n) is 3.25. The predicted octanol–water partition coefficient (Wildman–Crippen LogP) is 2.21. The van der Waals surface area contributed by atoms with Crippen LogP contribution in [0.1, 0.15) is 6.92 Å². The molecule has 2 N–H and O–H groups in total. The van der Waals surface area contributed by atoms with Crippen molar-refractivity contribution in [3.05, 3.63) is 28.2 Å². The molecule has 1 aromatic rings. The topological polar surface area (TPSA) is 83.5 Å². The van der Waals surface area contributed by atoms with Crippen LogP contribution in [0.5, 0.6) is 0 Å². The first-order chi connectivity index (χ1) is 7.74. The van der Waals surface area contributed by atoms with Gasteiger partial charge in [0.1, 0.15) is 0 Å². The zero-order chi connectivity index (χ0) is 13.2. The molecule has 0 saturated carbocycles. The highest BCUT2D eigenvalue weighted by atomic mass is 35.5. The van der Waals surface area contributed by atoms with Crippen LogP contribution in [0.3, 0.4) is 0 Å². The van der Waals surface area contributed by atoms with Crippen molar-refractivity contribution < 1.29 is 18.3 Å². The van der Waals surface area contributed by atoms with Crippen LogP contribution in [0.4, 0.5) is 5.69 Å². The number of hydrogen-bond donors (Lipinski definition) is 2. The van der Waals surface area contributed by atoms with E-state index in [0.29, 0.717) is 5.02 Å². The summed E-state index contributed by atoms with van der Waals surface area (Å²) in [5, 5.41) is 7.51. The molecular formula is C9H9Cl2NO4S. The zero-order valence-corrected chi connectivity index (χ0v) is 11.0. The summed E-state index contributed by atoms with van der Waals surface area (Å²) in [4.78, 5) is 10.6. The van der Waals surface area contributed by atoms with Crippen molar-refractivity contribution in [3.8, 4) is 0 Å². The van der Waals surface area contributed by atoms with E-state index in [1.807, 2.05) is 0 Å². The molecule has 0 fully saturated rings. The Balaban J connectivity index is 3.02. The Bertz CT molecular complexity index is 544. The number of carbonyl (C=O) groups is 1. The van der Waals surface area contributed by atoms with Gasteiger partial charge in [-0.3, -0.25) is 9.52 Å². The third-order valence-electron chi connectivity index (χ3n) is 2.00. The lowest BCUT2D eigenvalue weighted by Crippen LogP contribution is -2.32. The van der Waals surface area contributed by atoms with Gasteiger partial charge in [0.25, 0.3) is 0 Å². The number of rotatable bonds is 4. The molecule has 1 unspecified atom stereocenters. The summed E-state index contributed by atoms with van der Waals surface area (Å²) < 4.78 is 25.3. The Kier molecular flexibility index (Phi) is 4.24. The summed E-state index contributed by atoms with van der Waals surface area (Å²) in [6, 6.07) is 4.15. The normalized spacial score (nSPS) is 13.1. The maximum Gasteiger partial charge on any atom is 0.323 e. The van der Waals surface area contributed by atoms with Gasteiger partial charge in [-0.15, -0.1) is 0 Å². The standard InChI is InChI=1S/C9H9Cl2NO4S/c1-5(9(13)14)17(15,16)12-8-3-2-6(10)4-7(8)11/h2-5,12H,1H3,(H,13,14). The minimum Gasteiger partial charge on any atom is -0.480 e. The van der Waals surface area contributed by atoms with Crippen molar-refractivity contribution in [3.63, 3.8) is 0 Å². The molecule has 0 aliphatic carbocycles. The van der Waals surface area contributed by atoms with E-state index < -0.39 is 21.2 Å². The van der Waals surface area contributed by atoms with Crippen LogP contribution < -0.4 is 4.72 Å². The van der Waals surface area contributed by atoms with Crippen LogP contribution in [0.25, 0.3) is 0 Å². The number of anilines is 1. The molecule has 5 nitrogen and oxygen atoms in total. The maximum absolute atomic E-state index is 11.6. The molecule has 1 aromatic carbocycles. The molecule has 0 aliphatic heterocycles. The fraction of sp³-hybridized carbons (Fsp3) is 0.222. The lowest BCUT2D eigenvalue weighted by Gasteiger charge is -2.12. The van der Waals surface area contributed by atoms with Gasteiger partial charge in [0.2, 0.25) is 10.0 Å². The number of nitrogens with one attached hydrogen (secondary N) is 1.